The maximum Gasteiger partial charge on any atom is 0.270 e. The van der Waals surface area contributed by atoms with Crippen LogP contribution in [0.2, 0.25) is 0 Å². The van der Waals surface area contributed by atoms with Gasteiger partial charge in [-0.3, -0.25) is 9.59 Å². The van der Waals surface area contributed by atoms with Crippen LogP contribution in [-0.4, -0.2) is 35.9 Å². The van der Waals surface area contributed by atoms with Crippen molar-refractivity contribution in [3.63, 3.8) is 0 Å². The van der Waals surface area contributed by atoms with Gasteiger partial charge in [0, 0.05) is 19.7 Å². The van der Waals surface area contributed by atoms with Crippen molar-refractivity contribution < 1.29 is 9.59 Å². The Labute approximate surface area is 77.8 Å². The number of imide groups is 1. The Kier molecular flexibility index (Phi) is 2.52. The van der Waals surface area contributed by atoms with Crippen LogP contribution in [0.25, 0.3) is 0 Å². The molecule has 4 heteroatoms. The summed E-state index contributed by atoms with van der Waals surface area (Å²) in [6, 6.07) is 0. The van der Waals surface area contributed by atoms with Crippen LogP contribution < -0.4 is 0 Å². The molecule has 0 aromatic carbocycles. The highest BCUT2D eigenvalue weighted by molar-refractivity contribution is 6.07. The minimum Gasteiger partial charge on any atom is -0.273 e. The number of hydrazine groups is 1. The molecular formula is C9H14N2O2. The van der Waals surface area contributed by atoms with E-state index in [1.807, 2.05) is 6.92 Å². The highest BCUT2D eigenvalue weighted by atomic mass is 16.2. The summed E-state index contributed by atoms with van der Waals surface area (Å²) in [5.74, 6) is -0.364. The summed E-state index contributed by atoms with van der Waals surface area (Å²) in [5, 5.41) is 2.68. The molecule has 2 amide bonds. The van der Waals surface area contributed by atoms with Crippen LogP contribution in [0.15, 0.2) is 11.1 Å². The van der Waals surface area contributed by atoms with Crippen LogP contribution in [0, 0.1) is 0 Å². The van der Waals surface area contributed by atoms with Crippen molar-refractivity contribution in [2.24, 2.45) is 0 Å². The molecule has 0 unspecified atom stereocenters. The summed E-state index contributed by atoms with van der Waals surface area (Å²) in [6.45, 7) is 3.57. The largest absolute Gasteiger partial charge is 0.273 e. The second-order valence-electron chi connectivity index (χ2n) is 3.44. The second-order valence-corrected chi connectivity index (χ2v) is 3.44. The standard InChI is InChI=1S/C9H14N2O2/c1-6-5-8(12)11(10(3)4)9(13)7(6)2/h5H2,1-4H3. The van der Waals surface area contributed by atoms with E-state index in [4.69, 9.17) is 0 Å². The molecule has 1 rings (SSSR count). The maximum atomic E-state index is 11.6. The zero-order valence-corrected chi connectivity index (χ0v) is 8.42. The monoisotopic (exact) mass is 182 g/mol. The number of nitrogens with zero attached hydrogens (tertiary/aromatic N) is 2. The number of rotatable bonds is 1. The van der Waals surface area contributed by atoms with Crippen molar-refractivity contribution >= 4 is 11.8 Å². The Morgan fingerprint density at radius 3 is 2.23 bits per heavy atom. The van der Waals surface area contributed by atoms with Crippen LogP contribution in [0.1, 0.15) is 20.3 Å². The van der Waals surface area contributed by atoms with Crippen LogP contribution in [0.5, 0.6) is 0 Å². The van der Waals surface area contributed by atoms with E-state index in [2.05, 4.69) is 0 Å². The molecule has 72 valence electrons. The van der Waals surface area contributed by atoms with Gasteiger partial charge in [-0.1, -0.05) is 5.57 Å². The van der Waals surface area contributed by atoms with E-state index in [-0.39, 0.29) is 11.8 Å². The Morgan fingerprint density at radius 2 is 1.77 bits per heavy atom. The number of carbonyl (C=O) groups is 2. The topological polar surface area (TPSA) is 40.6 Å². The third kappa shape index (κ3) is 1.62. The van der Waals surface area contributed by atoms with Gasteiger partial charge in [0.15, 0.2) is 0 Å². The molecule has 0 saturated carbocycles. The van der Waals surface area contributed by atoms with E-state index < -0.39 is 0 Å². The smallest absolute Gasteiger partial charge is 0.270 e. The number of carbonyl (C=O) groups excluding carboxylic acids is 2. The highest BCUT2D eigenvalue weighted by Gasteiger charge is 2.30. The van der Waals surface area contributed by atoms with Gasteiger partial charge in [-0.2, -0.15) is 0 Å². The first-order valence-electron chi connectivity index (χ1n) is 4.16. The summed E-state index contributed by atoms with van der Waals surface area (Å²) >= 11 is 0. The lowest BCUT2D eigenvalue weighted by atomic mass is 10.0. The second kappa shape index (κ2) is 3.30. The molecule has 4 nitrogen and oxygen atoms in total. The molecule has 0 radical (unpaired) electrons. The van der Waals surface area contributed by atoms with Gasteiger partial charge in [0.1, 0.15) is 0 Å². The Bertz CT molecular complexity index is 292. The van der Waals surface area contributed by atoms with E-state index in [1.54, 1.807) is 21.0 Å². The van der Waals surface area contributed by atoms with Gasteiger partial charge in [-0.15, -0.1) is 0 Å². The summed E-state index contributed by atoms with van der Waals surface area (Å²) in [4.78, 5) is 23.0. The zero-order chi connectivity index (χ0) is 10.2. The zero-order valence-electron chi connectivity index (χ0n) is 8.42. The lowest BCUT2D eigenvalue weighted by Crippen LogP contribution is -2.48. The molecule has 0 aromatic heterocycles. The van der Waals surface area contributed by atoms with Gasteiger partial charge in [-0.05, 0) is 13.8 Å². The predicted molar refractivity (Wildman–Crippen MR) is 48.5 cm³/mol. The molecule has 0 saturated heterocycles. The molecule has 0 spiro atoms. The number of amides is 2. The van der Waals surface area contributed by atoms with Crippen LogP contribution in [0.3, 0.4) is 0 Å². The molecular weight excluding hydrogens is 168 g/mol. The molecule has 0 fully saturated rings. The van der Waals surface area contributed by atoms with Crippen molar-refractivity contribution in [3.05, 3.63) is 11.1 Å². The third-order valence-corrected chi connectivity index (χ3v) is 2.21. The first kappa shape index (κ1) is 9.92. The fourth-order valence-electron chi connectivity index (χ4n) is 1.29. The SMILES string of the molecule is CC1=C(C)C(=O)N(N(C)C)C(=O)C1. The van der Waals surface area contributed by atoms with Crippen LogP contribution in [0.4, 0.5) is 0 Å². The number of hydrogen-bond acceptors (Lipinski definition) is 3. The minimum absolute atomic E-state index is 0.155. The van der Waals surface area contributed by atoms with Gasteiger partial charge in [-0.25, -0.2) is 10.0 Å². The first-order chi connectivity index (χ1) is 5.95. The van der Waals surface area contributed by atoms with Crippen molar-refractivity contribution in [2.45, 2.75) is 20.3 Å². The van der Waals surface area contributed by atoms with E-state index >= 15 is 0 Å². The quantitative estimate of drug-likeness (QED) is 0.556. The molecule has 0 aromatic rings. The minimum atomic E-state index is -0.209. The first-order valence-corrected chi connectivity index (χ1v) is 4.16. The van der Waals surface area contributed by atoms with Crippen molar-refractivity contribution in [2.75, 3.05) is 14.1 Å². The third-order valence-electron chi connectivity index (χ3n) is 2.21. The predicted octanol–water partition coefficient (Wildman–Crippen LogP) is 0.558. The lowest BCUT2D eigenvalue weighted by molar-refractivity contribution is -0.158. The Hall–Kier alpha value is -1.16. The van der Waals surface area contributed by atoms with E-state index in [0.717, 1.165) is 5.57 Å². The molecule has 0 N–H and O–H groups in total. The number of hydrogen-bond donors (Lipinski definition) is 0. The van der Waals surface area contributed by atoms with Crippen molar-refractivity contribution in [3.8, 4) is 0 Å². The molecule has 13 heavy (non-hydrogen) atoms. The van der Waals surface area contributed by atoms with Crippen molar-refractivity contribution in [1.82, 2.24) is 10.0 Å². The van der Waals surface area contributed by atoms with Crippen LogP contribution >= 0.6 is 0 Å². The molecule has 1 aliphatic heterocycles. The summed E-state index contributed by atoms with van der Waals surface area (Å²) in [6.07, 6.45) is 0.343. The van der Waals surface area contributed by atoms with Crippen LogP contribution in [-0.2, 0) is 9.59 Å². The molecule has 1 heterocycles. The van der Waals surface area contributed by atoms with E-state index in [0.29, 0.717) is 12.0 Å². The summed E-state index contributed by atoms with van der Waals surface area (Å²) in [7, 11) is 3.37. The van der Waals surface area contributed by atoms with Gasteiger partial charge in [0.2, 0.25) is 5.91 Å². The van der Waals surface area contributed by atoms with Gasteiger partial charge in [0.05, 0.1) is 6.42 Å². The Balaban J connectivity index is 3.05. The maximum absolute atomic E-state index is 11.6. The fourth-order valence-corrected chi connectivity index (χ4v) is 1.29. The van der Waals surface area contributed by atoms with Gasteiger partial charge in [0.25, 0.3) is 5.91 Å². The van der Waals surface area contributed by atoms with E-state index in [1.165, 1.54) is 10.0 Å². The van der Waals surface area contributed by atoms with Gasteiger partial charge < -0.3 is 0 Å². The highest BCUT2D eigenvalue weighted by Crippen LogP contribution is 2.19. The average molecular weight is 182 g/mol. The van der Waals surface area contributed by atoms with E-state index in [9.17, 15) is 9.59 Å². The molecule has 1 aliphatic rings. The average Bonchev–Trinajstić information content (AvgIpc) is 1.99. The van der Waals surface area contributed by atoms with Crippen molar-refractivity contribution in [1.29, 1.82) is 0 Å². The molecule has 0 aliphatic carbocycles. The molecule has 0 atom stereocenters. The molecule has 0 bridgehead atoms. The Morgan fingerprint density at radius 1 is 1.23 bits per heavy atom. The normalized spacial score (nSPS) is 19.0. The fraction of sp³-hybridized carbons (Fsp3) is 0.556. The lowest BCUT2D eigenvalue weighted by Gasteiger charge is -2.31. The van der Waals surface area contributed by atoms with Gasteiger partial charge >= 0.3 is 0 Å². The summed E-state index contributed by atoms with van der Waals surface area (Å²) in [5.41, 5.74) is 1.54. The summed E-state index contributed by atoms with van der Waals surface area (Å²) < 4.78 is 0.